The zero-order valence-corrected chi connectivity index (χ0v) is 11.7. The van der Waals surface area contributed by atoms with Crippen molar-refractivity contribution in [2.45, 2.75) is 25.6 Å². The Kier molecular flexibility index (Phi) is 6.25. The van der Waals surface area contributed by atoms with Gasteiger partial charge < -0.3 is 16.0 Å². The Bertz CT molecular complexity index is 429. The quantitative estimate of drug-likeness (QED) is 0.727. The van der Waals surface area contributed by atoms with Gasteiger partial charge in [-0.1, -0.05) is 30.3 Å². The number of nitrogens with two attached hydrogens (primary N) is 1. The maximum absolute atomic E-state index is 11.7. The molecule has 1 unspecified atom stereocenters. The fraction of sp³-hybridized carbons (Fsp3) is 0.400. The number of nitrogens with one attached hydrogen (secondary N) is 1. The summed E-state index contributed by atoms with van der Waals surface area (Å²) < 4.78 is 0. The van der Waals surface area contributed by atoms with Crippen molar-refractivity contribution in [3.05, 3.63) is 48.0 Å². The molecule has 0 heterocycles. The van der Waals surface area contributed by atoms with Gasteiger partial charge in [0.15, 0.2) is 0 Å². The second kappa shape index (κ2) is 7.71. The molecule has 1 atom stereocenters. The largest absolute Gasteiger partial charge is 0.351 e. The van der Waals surface area contributed by atoms with Crippen molar-refractivity contribution in [3.63, 3.8) is 0 Å². The fourth-order valence-corrected chi connectivity index (χ4v) is 1.82. The summed E-state index contributed by atoms with van der Waals surface area (Å²) in [5.41, 5.74) is 8.05. The zero-order valence-electron chi connectivity index (χ0n) is 11.7. The van der Waals surface area contributed by atoms with Gasteiger partial charge in [-0.25, -0.2) is 0 Å². The summed E-state index contributed by atoms with van der Waals surface area (Å²) in [5, 5.41) is 2.87. The number of hydrogen-bond acceptors (Lipinski definition) is 3. The fourth-order valence-electron chi connectivity index (χ4n) is 1.82. The van der Waals surface area contributed by atoms with Gasteiger partial charge in [0.1, 0.15) is 0 Å². The highest BCUT2D eigenvalue weighted by atomic mass is 16.2. The predicted octanol–water partition coefficient (Wildman–Crippen LogP) is 1.27. The van der Waals surface area contributed by atoms with E-state index >= 15 is 0 Å². The first-order valence-electron chi connectivity index (χ1n) is 6.40. The lowest BCUT2D eigenvalue weighted by molar-refractivity contribution is -0.122. The Hall–Kier alpha value is -1.65. The molecule has 3 N–H and O–H groups in total. The van der Waals surface area contributed by atoms with Gasteiger partial charge in [-0.05, 0) is 31.6 Å². The third kappa shape index (κ3) is 5.24. The van der Waals surface area contributed by atoms with Crippen molar-refractivity contribution in [1.29, 1.82) is 0 Å². The van der Waals surface area contributed by atoms with Gasteiger partial charge in [0.25, 0.3) is 0 Å². The molecule has 0 fully saturated rings. The van der Waals surface area contributed by atoms with E-state index < -0.39 is 6.04 Å². The molecule has 4 nitrogen and oxygen atoms in total. The summed E-state index contributed by atoms with van der Waals surface area (Å²) in [5.74, 6) is -0.139. The number of carbonyl (C=O) groups excluding carboxylic acids is 1. The van der Waals surface area contributed by atoms with Crippen LogP contribution < -0.4 is 11.1 Å². The number of rotatable bonds is 7. The van der Waals surface area contributed by atoms with Crippen molar-refractivity contribution in [1.82, 2.24) is 10.2 Å². The summed E-state index contributed by atoms with van der Waals surface area (Å²) in [6.07, 6.45) is 2.15. The van der Waals surface area contributed by atoms with Crippen LogP contribution in [0, 0.1) is 0 Å². The summed E-state index contributed by atoms with van der Waals surface area (Å²) in [6.45, 7) is 4.94. The van der Waals surface area contributed by atoms with Crippen molar-refractivity contribution >= 4 is 5.91 Å². The highest BCUT2D eigenvalue weighted by molar-refractivity contribution is 5.81. The molecule has 1 aromatic rings. The van der Waals surface area contributed by atoms with Crippen molar-refractivity contribution < 1.29 is 4.79 Å². The normalized spacial score (nSPS) is 12.2. The molecule has 4 heteroatoms. The number of benzene rings is 1. The van der Waals surface area contributed by atoms with Gasteiger partial charge >= 0.3 is 0 Å². The number of carbonyl (C=O) groups is 1. The molecule has 1 aromatic carbocycles. The van der Waals surface area contributed by atoms with Gasteiger partial charge in [0.2, 0.25) is 5.91 Å². The van der Waals surface area contributed by atoms with Crippen LogP contribution in [0.5, 0.6) is 0 Å². The van der Waals surface area contributed by atoms with Crippen LogP contribution in [0.3, 0.4) is 0 Å². The van der Waals surface area contributed by atoms with Gasteiger partial charge in [-0.2, -0.15) is 0 Å². The average Bonchev–Trinajstić information content (AvgIpc) is 2.37. The Morgan fingerprint density at radius 2 is 2.05 bits per heavy atom. The summed E-state index contributed by atoms with van der Waals surface area (Å²) in [7, 11) is 4.05. The number of nitrogens with zero attached hydrogens (tertiary/aromatic N) is 1. The molecular formula is C15H23N3O. The molecule has 1 amide bonds. The molecule has 0 bridgehead atoms. The highest BCUT2D eigenvalue weighted by Crippen LogP contribution is 2.10. The lowest BCUT2D eigenvalue weighted by Crippen LogP contribution is -2.40. The predicted molar refractivity (Wildman–Crippen MR) is 78.5 cm³/mol. The Labute approximate surface area is 115 Å². The topological polar surface area (TPSA) is 58.4 Å². The van der Waals surface area contributed by atoms with E-state index in [4.69, 9.17) is 5.73 Å². The molecule has 0 saturated heterocycles. The van der Waals surface area contributed by atoms with Crippen LogP contribution in [0.25, 0.3) is 0 Å². The second-order valence-corrected chi connectivity index (χ2v) is 4.86. The van der Waals surface area contributed by atoms with Gasteiger partial charge in [-0.3, -0.25) is 4.79 Å². The molecule has 0 aliphatic rings. The van der Waals surface area contributed by atoms with E-state index in [1.54, 1.807) is 6.08 Å². The van der Waals surface area contributed by atoms with Crippen molar-refractivity contribution in [3.8, 4) is 0 Å². The lowest BCUT2D eigenvalue weighted by Gasteiger charge is -2.15. The average molecular weight is 261 g/mol. The summed E-state index contributed by atoms with van der Waals surface area (Å²) >= 11 is 0. The number of hydrogen-bond donors (Lipinski definition) is 2. The molecule has 0 spiro atoms. The van der Waals surface area contributed by atoms with Gasteiger partial charge in [0, 0.05) is 13.1 Å². The van der Waals surface area contributed by atoms with E-state index in [9.17, 15) is 4.79 Å². The van der Waals surface area contributed by atoms with E-state index in [0.717, 1.165) is 12.1 Å². The summed E-state index contributed by atoms with van der Waals surface area (Å²) in [4.78, 5) is 13.8. The Morgan fingerprint density at radius 1 is 1.42 bits per heavy atom. The third-order valence-electron chi connectivity index (χ3n) is 2.82. The van der Waals surface area contributed by atoms with Crippen LogP contribution in [0.15, 0.2) is 36.9 Å². The van der Waals surface area contributed by atoms with E-state index in [1.165, 1.54) is 5.56 Å². The molecule has 19 heavy (non-hydrogen) atoms. The van der Waals surface area contributed by atoms with E-state index in [1.807, 2.05) is 32.3 Å². The second-order valence-electron chi connectivity index (χ2n) is 4.86. The smallest absolute Gasteiger partial charge is 0.237 e. The third-order valence-corrected chi connectivity index (χ3v) is 2.82. The monoisotopic (exact) mass is 261 g/mol. The first kappa shape index (κ1) is 15.4. The molecule has 1 rings (SSSR count). The standard InChI is InChI=1S/C15H23N3O/c1-4-7-14(16)15(19)17-10-12-8-5-6-9-13(12)11-18(2)3/h4-6,8-9,14H,1,7,10-11,16H2,2-3H3,(H,17,19). The van der Waals surface area contributed by atoms with Crippen molar-refractivity contribution in [2.75, 3.05) is 14.1 Å². The van der Waals surface area contributed by atoms with E-state index in [-0.39, 0.29) is 5.91 Å². The molecule has 104 valence electrons. The van der Waals surface area contributed by atoms with E-state index in [0.29, 0.717) is 13.0 Å². The Morgan fingerprint density at radius 3 is 2.63 bits per heavy atom. The molecule has 0 radical (unpaired) electrons. The molecule has 0 aliphatic heterocycles. The number of amides is 1. The maximum atomic E-state index is 11.7. The summed E-state index contributed by atoms with van der Waals surface area (Å²) in [6, 6.07) is 7.57. The maximum Gasteiger partial charge on any atom is 0.237 e. The highest BCUT2D eigenvalue weighted by Gasteiger charge is 2.11. The first-order chi connectivity index (χ1) is 9.04. The molecule has 0 aromatic heterocycles. The Balaban J connectivity index is 2.62. The molecule has 0 aliphatic carbocycles. The minimum atomic E-state index is -0.515. The van der Waals surface area contributed by atoms with Crippen LogP contribution in [0.4, 0.5) is 0 Å². The first-order valence-corrected chi connectivity index (χ1v) is 6.40. The van der Waals surface area contributed by atoms with Crippen LogP contribution in [0.2, 0.25) is 0 Å². The SMILES string of the molecule is C=CCC(N)C(=O)NCc1ccccc1CN(C)C. The van der Waals surface area contributed by atoms with Crippen LogP contribution in [-0.4, -0.2) is 30.9 Å². The van der Waals surface area contributed by atoms with Crippen LogP contribution in [0.1, 0.15) is 17.5 Å². The van der Waals surface area contributed by atoms with E-state index in [2.05, 4.69) is 22.9 Å². The zero-order chi connectivity index (χ0) is 14.3. The lowest BCUT2D eigenvalue weighted by atomic mass is 10.1. The minimum absolute atomic E-state index is 0.139. The van der Waals surface area contributed by atoms with Gasteiger partial charge in [0.05, 0.1) is 6.04 Å². The van der Waals surface area contributed by atoms with Crippen LogP contribution >= 0.6 is 0 Å². The van der Waals surface area contributed by atoms with Crippen molar-refractivity contribution in [2.24, 2.45) is 5.73 Å². The van der Waals surface area contributed by atoms with Crippen LogP contribution in [-0.2, 0) is 17.9 Å². The molecule has 0 saturated carbocycles. The minimum Gasteiger partial charge on any atom is -0.351 e. The van der Waals surface area contributed by atoms with Gasteiger partial charge in [-0.15, -0.1) is 6.58 Å². The molecular weight excluding hydrogens is 238 g/mol.